The Kier molecular flexibility index (Phi) is 3.24. The fourth-order valence-electron chi connectivity index (χ4n) is 2.51. The van der Waals surface area contributed by atoms with E-state index >= 15 is 0 Å². The maximum absolute atomic E-state index is 9.25. The van der Waals surface area contributed by atoms with Crippen molar-refractivity contribution >= 4 is 23.4 Å². The zero-order valence-corrected chi connectivity index (χ0v) is 10.8. The molecule has 5 heteroatoms. The molecule has 4 nitrogen and oxygen atoms in total. The zero-order valence-electron chi connectivity index (χ0n) is 10.0. The van der Waals surface area contributed by atoms with E-state index < -0.39 is 0 Å². The molecule has 3 rings (SSSR count). The van der Waals surface area contributed by atoms with Gasteiger partial charge in [0.05, 0.1) is 25.5 Å². The highest BCUT2D eigenvalue weighted by Gasteiger charge is 2.22. The van der Waals surface area contributed by atoms with Gasteiger partial charge in [-0.3, -0.25) is 0 Å². The van der Waals surface area contributed by atoms with Crippen molar-refractivity contribution in [3.63, 3.8) is 0 Å². The van der Waals surface area contributed by atoms with Gasteiger partial charge in [0.1, 0.15) is 5.15 Å². The third kappa shape index (κ3) is 2.11. The van der Waals surface area contributed by atoms with Gasteiger partial charge in [0, 0.05) is 30.8 Å². The minimum Gasteiger partial charge on any atom is -0.392 e. The minimum atomic E-state index is 0.0799. The van der Waals surface area contributed by atoms with Crippen LogP contribution < -0.4 is 4.90 Å². The van der Waals surface area contributed by atoms with Gasteiger partial charge in [-0.25, -0.2) is 4.98 Å². The number of anilines is 1. The van der Waals surface area contributed by atoms with E-state index in [1.54, 1.807) is 0 Å². The van der Waals surface area contributed by atoms with Crippen molar-refractivity contribution in [3.8, 4) is 0 Å². The van der Waals surface area contributed by atoms with Crippen LogP contribution in [0.5, 0.6) is 0 Å². The fraction of sp³-hybridized carbons (Fsp3) is 0.462. The third-order valence-electron chi connectivity index (χ3n) is 3.40. The number of halogens is 1. The topological polar surface area (TPSA) is 45.6 Å². The number of rotatable bonds is 2. The Bertz CT molecular complexity index is 496. The number of ether oxygens (including phenoxy) is 1. The fourth-order valence-corrected chi connectivity index (χ4v) is 2.70. The predicted molar refractivity (Wildman–Crippen MR) is 71.0 cm³/mol. The summed E-state index contributed by atoms with van der Waals surface area (Å²) in [5, 5.41) is 9.75. The monoisotopic (exact) mass is 266 g/mol. The molecule has 96 valence electrons. The number of pyridine rings is 1. The van der Waals surface area contributed by atoms with Crippen LogP contribution in [-0.4, -0.2) is 43.0 Å². The molecule has 1 aromatic rings. The number of morpholine rings is 1. The number of aliphatic hydroxyl groups is 1. The first kappa shape index (κ1) is 12.0. The number of fused-ring (bicyclic) bond motifs is 1. The van der Waals surface area contributed by atoms with E-state index in [1.807, 2.05) is 12.1 Å². The van der Waals surface area contributed by atoms with Crippen LogP contribution >= 0.6 is 11.6 Å². The van der Waals surface area contributed by atoms with Crippen LogP contribution in [0.3, 0.4) is 0 Å². The smallest absolute Gasteiger partial charge is 0.131 e. The second-order valence-electron chi connectivity index (χ2n) is 4.56. The molecule has 18 heavy (non-hydrogen) atoms. The normalized spacial score (nSPS) is 18.8. The molecule has 0 radical (unpaired) electrons. The van der Waals surface area contributed by atoms with Crippen molar-refractivity contribution in [2.75, 3.05) is 37.8 Å². The van der Waals surface area contributed by atoms with Crippen molar-refractivity contribution in [1.82, 2.24) is 4.98 Å². The number of hydrogen-bond donors (Lipinski definition) is 1. The van der Waals surface area contributed by atoms with E-state index in [9.17, 15) is 5.11 Å². The Morgan fingerprint density at radius 2 is 2.17 bits per heavy atom. The molecule has 1 aliphatic heterocycles. The highest BCUT2D eigenvalue weighted by Crippen LogP contribution is 2.34. The number of aromatic nitrogens is 1. The van der Waals surface area contributed by atoms with Crippen LogP contribution in [0.4, 0.5) is 5.69 Å². The van der Waals surface area contributed by atoms with Gasteiger partial charge in [-0.1, -0.05) is 11.6 Å². The Labute approximate surface area is 111 Å². The quantitative estimate of drug-likeness (QED) is 0.824. The van der Waals surface area contributed by atoms with Gasteiger partial charge in [0.2, 0.25) is 0 Å². The third-order valence-corrected chi connectivity index (χ3v) is 3.59. The lowest BCUT2D eigenvalue weighted by Crippen LogP contribution is -2.36. The van der Waals surface area contributed by atoms with Crippen LogP contribution in [0.1, 0.15) is 11.3 Å². The largest absolute Gasteiger partial charge is 0.392 e. The molecule has 0 unspecified atom stereocenters. The van der Waals surface area contributed by atoms with Crippen molar-refractivity contribution < 1.29 is 9.84 Å². The van der Waals surface area contributed by atoms with Gasteiger partial charge >= 0.3 is 0 Å². The van der Waals surface area contributed by atoms with E-state index in [1.165, 1.54) is 5.56 Å². The summed E-state index contributed by atoms with van der Waals surface area (Å²) in [4.78, 5) is 6.61. The van der Waals surface area contributed by atoms with E-state index in [2.05, 4.69) is 9.88 Å². The lowest BCUT2D eigenvalue weighted by Gasteiger charge is -2.30. The lowest BCUT2D eigenvalue weighted by molar-refractivity contribution is 0.122. The van der Waals surface area contributed by atoms with Crippen molar-refractivity contribution in [3.05, 3.63) is 28.0 Å². The first-order valence-electron chi connectivity index (χ1n) is 6.10. The highest BCUT2D eigenvalue weighted by atomic mass is 35.5. The summed E-state index contributed by atoms with van der Waals surface area (Å²) in [6, 6.07) is 1.92. The van der Waals surface area contributed by atoms with Gasteiger partial charge < -0.3 is 14.7 Å². The molecule has 1 saturated heterocycles. The molecule has 2 aliphatic rings. The van der Waals surface area contributed by atoms with Crippen LogP contribution in [0.15, 0.2) is 11.6 Å². The minimum absolute atomic E-state index is 0.0799. The molecule has 0 aromatic carbocycles. The van der Waals surface area contributed by atoms with Gasteiger partial charge in [-0.15, -0.1) is 0 Å². The summed E-state index contributed by atoms with van der Waals surface area (Å²) in [5.41, 5.74) is 4.20. The van der Waals surface area contributed by atoms with E-state index in [4.69, 9.17) is 16.3 Å². The molecule has 1 fully saturated rings. The van der Waals surface area contributed by atoms with Gasteiger partial charge in [-0.2, -0.15) is 0 Å². The summed E-state index contributed by atoms with van der Waals surface area (Å²) < 4.78 is 5.37. The van der Waals surface area contributed by atoms with Crippen molar-refractivity contribution in [2.24, 2.45) is 0 Å². The lowest BCUT2D eigenvalue weighted by atomic mass is 10.1. The van der Waals surface area contributed by atoms with Crippen LogP contribution in [0.2, 0.25) is 5.15 Å². The van der Waals surface area contributed by atoms with Crippen LogP contribution in [-0.2, 0) is 11.2 Å². The Balaban J connectivity index is 1.97. The summed E-state index contributed by atoms with van der Waals surface area (Å²) in [5.74, 6) is 0. The predicted octanol–water partition coefficient (Wildman–Crippen LogP) is 1.50. The Morgan fingerprint density at radius 1 is 1.39 bits per heavy atom. The molecule has 0 atom stereocenters. The molecule has 1 N–H and O–H groups in total. The van der Waals surface area contributed by atoms with Crippen LogP contribution in [0, 0.1) is 0 Å². The summed E-state index contributed by atoms with van der Waals surface area (Å²) in [6.07, 6.45) is 2.70. The second kappa shape index (κ2) is 4.88. The number of hydrogen-bond acceptors (Lipinski definition) is 4. The molecular formula is C13H15ClN2O2. The van der Waals surface area contributed by atoms with Crippen LogP contribution in [0.25, 0.3) is 6.08 Å². The van der Waals surface area contributed by atoms with E-state index in [-0.39, 0.29) is 6.61 Å². The average molecular weight is 267 g/mol. The molecule has 0 saturated carbocycles. The van der Waals surface area contributed by atoms with Gasteiger partial charge in [0.15, 0.2) is 0 Å². The number of nitrogens with zero attached hydrogens (tertiary/aromatic N) is 2. The molecule has 1 aromatic heterocycles. The SMILES string of the molecule is OCC1=Cc2nc(Cl)cc(N3CCOCC3)c2C1. The molecule has 0 spiro atoms. The first-order valence-corrected chi connectivity index (χ1v) is 6.48. The Morgan fingerprint density at radius 3 is 2.89 bits per heavy atom. The standard InChI is InChI=1S/C13H15ClN2O2/c14-13-7-12(16-1-3-18-4-2-16)10-5-9(8-17)6-11(10)15-13/h6-7,17H,1-5,8H2. The molecular weight excluding hydrogens is 252 g/mol. The summed E-state index contributed by atoms with van der Waals surface area (Å²) in [6.45, 7) is 3.32. The molecule has 1 aliphatic carbocycles. The number of aliphatic hydroxyl groups excluding tert-OH is 1. The van der Waals surface area contributed by atoms with Gasteiger partial charge in [0.25, 0.3) is 0 Å². The summed E-state index contributed by atoms with van der Waals surface area (Å²) >= 11 is 6.08. The first-order chi connectivity index (χ1) is 8.78. The average Bonchev–Trinajstić information content (AvgIpc) is 2.81. The molecule has 2 heterocycles. The molecule has 0 bridgehead atoms. The maximum Gasteiger partial charge on any atom is 0.131 e. The second-order valence-corrected chi connectivity index (χ2v) is 4.95. The van der Waals surface area contributed by atoms with Crippen molar-refractivity contribution in [1.29, 1.82) is 0 Å². The maximum atomic E-state index is 9.25. The molecule has 0 amide bonds. The zero-order chi connectivity index (χ0) is 12.5. The van der Waals surface area contributed by atoms with Crippen molar-refractivity contribution in [2.45, 2.75) is 6.42 Å². The Hall–Kier alpha value is -1.10. The summed E-state index contributed by atoms with van der Waals surface area (Å²) in [7, 11) is 0. The van der Waals surface area contributed by atoms with E-state index in [0.29, 0.717) is 5.15 Å². The van der Waals surface area contributed by atoms with Gasteiger partial charge in [-0.05, 0) is 17.7 Å². The highest BCUT2D eigenvalue weighted by molar-refractivity contribution is 6.29. The van der Waals surface area contributed by atoms with E-state index in [0.717, 1.165) is 49.7 Å².